The van der Waals surface area contributed by atoms with Crippen LogP contribution in [-0.2, 0) is 16.1 Å². The fourth-order valence-corrected chi connectivity index (χ4v) is 2.93. The maximum Gasteiger partial charge on any atom is 0.348 e. The average molecular weight is 321 g/mol. The molecule has 0 aliphatic heterocycles. The number of fused-ring (bicyclic) bond motifs is 1. The standard InChI is InChI=1S/C16H19NO4S/c1-2-3-6-21-16(20)14-8-12-7-11(4-5-13(12)22-14)9-17-10-15(18)19/h4-5,7-8,17H,2-3,6,9-10H2,1H3,(H,18,19). The lowest BCUT2D eigenvalue weighted by Gasteiger charge is -2.02. The summed E-state index contributed by atoms with van der Waals surface area (Å²) >= 11 is 1.41. The lowest BCUT2D eigenvalue weighted by Crippen LogP contribution is -2.21. The predicted molar refractivity (Wildman–Crippen MR) is 86.4 cm³/mol. The topological polar surface area (TPSA) is 75.6 Å². The monoisotopic (exact) mass is 321 g/mol. The molecule has 0 amide bonds. The van der Waals surface area contributed by atoms with E-state index in [1.807, 2.05) is 31.2 Å². The predicted octanol–water partition coefficient (Wildman–Crippen LogP) is 3.03. The van der Waals surface area contributed by atoms with Gasteiger partial charge in [0.25, 0.3) is 0 Å². The van der Waals surface area contributed by atoms with Crippen molar-refractivity contribution in [3.05, 3.63) is 34.7 Å². The molecule has 0 saturated carbocycles. The molecule has 0 aliphatic rings. The van der Waals surface area contributed by atoms with Crippen LogP contribution >= 0.6 is 11.3 Å². The van der Waals surface area contributed by atoms with Gasteiger partial charge in [-0.2, -0.15) is 0 Å². The van der Waals surface area contributed by atoms with Crippen molar-refractivity contribution in [3.63, 3.8) is 0 Å². The third-order valence-corrected chi connectivity index (χ3v) is 4.21. The van der Waals surface area contributed by atoms with E-state index >= 15 is 0 Å². The molecule has 0 saturated heterocycles. The maximum absolute atomic E-state index is 11.9. The fourth-order valence-electron chi connectivity index (χ4n) is 2.00. The molecule has 2 rings (SSSR count). The summed E-state index contributed by atoms with van der Waals surface area (Å²) in [7, 11) is 0. The molecule has 0 fully saturated rings. The summed E-state index contributed by atoms with van der Waals surface area (Å²) in [5, 5.41) is 12.4. The van der Waals surface area contributed by atoms with Gasteiger partial charge in [-0.05, 0) is 35.6 Å². The van der Waals surface area contributed by atoms with Crippen LogP contribution in [0.1, 0.15) is 35.0 Å². The molecule has 5 nitrogen and oxygen atoms in total. The number of hydrogen-bond acceptors (Lipinski definition) is 5. The molecule has 0 atom stereocenters. The Morgan fingerprint density at radius 2 is 2.14 bits per heavy atom. The summed E-state index contributed by atoms with van der Waals surface area (Å²) in [6.07, 6.45) is 1.86. The number of thiophene rings is 1. The van der Waals surface area contributed by atoms with Gasteiger partial charge in [-0.3, -0.25) is 4.79 Å². The molecule has 22 heavy (non-hydrogen) atoms. The minimum Gasteiger partial charge on any atom is -0.480 e. The number of hydrogen-bond donors (Lipinski definition) is 2. The molecule has 0 unspecified atom stereocenters. The summed E-state index contributed by atoms with van der Waals surface area (Å²) in [5.74, 6) is -1.16. The Kier molecular flexibility index (Phi) is 5.91. The average Bonchev–Trinajstić information content (AvgIpc) is 2.90. The van der Waals surface area contributed by atoms with Gasteiger partial charge in [-0.1, -0.05) is 19.4 Å². The number of carbonyl (C=O) groups excluding carboxylic acids is 1. The number of esters is 1. The van der Waals surface area contributed by atoms with Gasteiger partial charge in [0.1, 0.15) is 4.88 Å². The number of carboxylic acid groups (broad SMARTS) is 1. The molecule has 0 radical (unpaired) electrons. The van der Waals surface area contributed by atoms with Crippen LogP contribution in [0.25, 0.3) is 10.1 Å². The zero-order chi connectivity index (χ0) is 15.9. The molecule has 0 aliphatic carbocycles. The highest BCUT2D eigenvalue weighted by atomic mass is 32.1. The van der Waals surface area contributed by atoms with Gasteiger partial charge < -0.3 is 15.2 Å². The molecule has 118 valence electrons. The van der Waals surface area contributed by atoms with Crippen LogP contribution < -0.4 is 5.32 Å². The molecule has 1 heterocycles. The molecular formula is C16H19NO4S. The van der Waals surface area contributed by atoms with Crippen LogP contribution in [0.15, 0.2) is 24.3 Å². The van der Waals surface area contributed by atoms with E-state index in [-0.39, 0.29) is 12.5 Å². The zero-order valence-corrected chi connectivity index (χ0v) is 13.2. The number of rotatable bonds is 8. The molecule has 0 spiro atoms. The Labute approximate surface area is 132 Å². The second kappa shape index (κ2) is 7.91. The van der Waals surface area contributed by atoms with Crippen LogP contribution in [0.4, 0.5) is 0 Å². The first kappa shape index (κ1) is 16.5. The van der Waals surface area contributed by atoms with E-state index in [1.54, 1.807) is 0 Å². The summed E-state index contributed by atoms with van der Waals surface area (Å²) in [6, 6.07) is 7.67. The lowest BCUT2D eigenvalue weighted by atomic mass is 10.1. The van der Waals surface area contributed by atoms with Crippen molar-refractivity contribution in [2.75, 3.05) is 13.2 Å². The molecular weight excluding hydrogens is 302 g/mol. The van der Waals surface area contributed by atoms with Crippen molar-refractivity contribution in [2.24, 2.45) is 0 Å². The van der Waals surface area contributed by atoms with E-state index in [2.05, 4.69) is 5.32 Å². The van der Waals surface area contributed by atoms with Gasteiger partial charge in [0.05, 0.1) is 13.2 Å². The smallest absolute Gasteiger partial charge is 0.348 e. The van der Waals surface area contributed by atoms with Crippen LogP contribution in [0.2, 0.25) is 0 Å². The third kappa shape index (κ3) is 4.54. The minimum atomic E-state index is -0.881. The molecule has 6 heteroatoms. The Morgan fingerprint density at radius 3 is 2.86 bits per heavy atom. The van der Waals surface area contributed by atoms with Gasteiger partial charge in [-0.15, -0.1) is 11.3 Å². The summed E-state index contributed by atoms with van der Waals surface area (Å²) in [4.78, 5) is 23.0. The number of carbonyl (C=O) groups is 2. The van der Waals surface area contributed by atoms with Crippen LogP contribution in [0, 0.1) is 0 Å². The van der Waals surface area contributed by atoms with E-state index in [0.29, 0.717) is 18.0 Å². The van der Waals surface area contributed by atoms with Gasteiger partial charge in [0.2, 0.25) is 0 Å². The van der Waals surface area contributed by atoms with E-state index in [4.69, 9.17) is 9.84 Å². The fraction of sp³-hybridized carbons (Fsp3) is 0.375. The number of carboxylic acids is 1. The normalized spacial score (nSPS) is 10.8. The quantitative estimate of drug-likeness (QED) is 0.577. The number of ether oxygens (including phenoxy) is 1. The highest BCUT2D eigenvalue weighted by molar-refractivity contribution is 7.20. The number of aliphatic carboxylic acids is 1. The zero-order valence-electron chi connectivity index (χ0n) is 12.4. The number of unbranched alkanes of at least 4 members (excludes halogenated alkanes) is 1. The Hall–Kier alpha value is -1.92. The molecule has 2 N–H and O–H groups in total. The van der Waals surface area contributed by atoms with E-state index in [0.717, 1.165) is 28.5 Å². The summed E-state index contributed by atoms with van der Waals surface area (Å²) in [6.45, 7) is 2.91. The van der Waals surface area contributed by atoms with Crippen LogP contribution in [0.5, 0.6) is 0 Å². The van der Waals surface area contributed by atoms with Crippen molar-refractivity contribution >= 4 is 33.4 Å². The Balaban J connectivity index is 2.03. The summed E-state index contributed by atoms with van der Waals surface area (Å²) < 4.78 is 6.23. The van der Waals surface area contributed by atoms with Crippen molar-refractivity contribution < 1.29 is 19.4 Å². The van der Waals surface area contributed by atoms with E-state index < -0.39 is 5.97 Å². The molecule has 1 aromatic heterocycles. The number of nitrogens with one attached hydrogen (secondary N) is 1. The highest BCUT2D eigenvalue weighted by Gasteiger charge is 2.11. The van der Waals surface area contributed by atoms with Crippen molar-refractivity contribution in [2.45, 2.75) is 26.3 Å². The third-order valence-electron chi connectivity index (χ3n) is 3.12. The molecule has 0 bridgehead atoms. The first-order chi connectivity index (χ1) is 10.6. The second-order valence-electron chi connectivity index (χ2n) is 4.97. The van der Waals surface area contributed by atoms with Crippen molar-refractivity contribution in [1.82, 2.24) is 5.32 Å². The van der Waals surface area contributed by atoms with Crippen LogP contribution in [0.3, 0.4) is 0 Å². The lowest BCUT2D eigenvalue weighted by molar-refractivity contribution is -0.136. The maximum atomic E-state index is 11.9. The molecule has 1 aromatic carbocycles. The Morgan fingerprint density at radius 1 is 1.32 bits per heavy atom. The molecule has 2 aromatic rings. The van der Waals surface area contributed by atoms with Crippen molar-refractivity contribution in [3.8, 4) is 0 Å². The first-order valence-corrected chi connectivity index (χ1v) is 8.04. The van der Waals surface area contributed by atoms with Gasteiger partial charge in [-0.25, -0.2) is 4.79 Å². The summed E-state index contributed by atoms with van der Waals surface area (Å²) in [5.41, 5.74) is 0.984. The van der Waals surface area contributed by atoms with E-state index in [9.17, 15) is 9.59 Å². The number of benzene rings is 1. The van der Waals surface area contributed by atoms with E-state index in [1.165, 1.54) is 11.3 Å². The van der Waals surface area contributed by atoms with Crippen LogP contribution in [-0.4, -0.2) is 30.2 Å². The van der Waals surface area contributed by atoms with Gasteiger partial charge in [0, 0.05) is 11.2 Å². The van der Waals surface area contributed by atoms with Crippen molar-refractivity contribution in [1.29, 1.82) is 0 Å². The van der Waals surface area contributed by atoms with Gasteiger partial charge in [0.15, 0.2) is 0 Å². The minimum absolute atomic E-state index is 0.0727. The highest BCUT2D eigenvalue weighted by Crippen LogP contribution is 2.27. The van der Waals surface area contributed by atoms with Gasteiger partial charge >= 0.3 is 11.9 Å². The second-order valence-corrected chi connectivity index (χ2v) is 6.05. The Bertz CT molecular complexity index is 665. The SMILES string of the molecule is CCCCOC(=O)c1cc2cc(CNCC(=O)O)ccc2s1. The largest absolute Gasteiger partial charge is 0.480 e. The first-order valence-electron chi connectivity index (χ1n) is 7.22.